The van der Waals surface area contributed by atoms with E-state index in [0.717, 1.165) is 24.5 Å². The number of ketones is 1. The van der Waals surface area contributed by atoms with Crippen molar-refractivity contribution in [3.63, 3.8) is 0 Å². The van der Waals surface area contributed by atoms with Gasteiger partial charge in [-0.15, -0.1) is 0 Å². The van der Waals surface area contributed by atoms with Crippen molar-refractivity contribution in [3.8, 4) is 17.2 Å². The molecule has 0 aromatic heterocycles. The van der Waals surface area contributed by atoms with E-state index >= 15 is 0 Å². The van der Waals surface area contributed by atoms with Gasteiger partial charge in [0.25, 0.3) is 0 Å². The van der Waals surface area contributed by atoms with Crippen molar-refractivity contribution >= 4 is 13.9 Å². The molecular weight excluding hydrogens is 713 g/mol. The number of carbonyl (C=O) groups excluding carboxylic acids is 1. The summed E-state index contributed by atoms with van der Waals surface area (Å²) in [5.41, 5.74) is -0.183. The first-order chi connectivity index (χ1) is 25.8. The lowest BCUT2D eigenvalue weighted by Gasteiger charge is -2.52. The van der Waals surface area contributed by atoms with Crippen LogP contribution in [0.3, 0.4) is 0 Å². The molecule has 1 aliphatic heterocycles. The maximum atomic E-state index is 14.8. The van der Waals surface area contributed by atoms with Gasteiger partial charge in [0.1, 0.15) is 60.9 Å². The van der Waals surface area contributed by atoms with Gasteiger partial charge in [0, 0.05) is 45.6 Å². The summed E-state index contributed by atoms with van der Waals surface area (Å²) < 4.78 is 55.3. The molecule has 12 nitrogen and oxygen atoms in total. The average molecular weight is 773 g/mol. The third-order valence-corrected chi connectivity index (χ3v) is 12.9. The third kappa shape index (κ3) is 9.74. The van der Waals surface area contributed by atoms with Crippen LogP contribution in [0.1, 0.15) is 45.0 Å². The van der Waals surface area contributed by atoms with Gasteiger partial charge in [0.05, 0.1) is 27.4 Å². The fourth-order valence-electron chi connectivity index (χ4n) is 7.94. The van der Waals surface area contributed by atoms with Crippen LogP contribution >= 0.6 is 0 Å². The van der Waals surface area contributed by atoms with E-state index in [4.69, 9.17) is 42.6 Å². The van der Waals surface area contributed by atoms with Crippen LogP contribution in [0, 0.1) is 17.3 Å². The van der Waals surface area contributed by atoms with Crippen LogP contribution in [0.4, 0.5) is 0 Å². The molecular formula is C41H60O12Si. The van der Waals surface area contributed by atoms with E-state index in [1.807, 2.05) is 36.4 Å². The van der Waals surface area contributed by atoms with Crippen LogP contribution in [0.2, 0.25) is 25.7 Å². The first-order valence-electron chi connectivity index (χ1n) is 18.8. The summed E-state index contributed by atoms with van der Waals surface area (Å²) in [6.07, 6.45) is -1.60. The van der Waals surface area contributed by atoms with Crippen LogP contribution < -0.4 is 14.2 Å². The van der Waals surface area contributed by atoms with Gasteiger partial charge >= 0.3 is 0 Å². The van der Waals surface area contributed by atoms with Crippen molar-refractivity contribution in [2.45, 2.75) is 95.1 Å². The molecule has 54 heavy (non-hydrogen) atoms. The van der Waals surface area contributed by atoms with E-state index in [0.29, 0.717) is 29.4 Å². The van der Waals surface area contributed by atoms with Crippen molar-refractivity contribution < 1.29 is 57.6 Å². The number of Topliss-reactive ketones (excluding diaryl/α,β-unsaturated/α-hetero) is 1. The lowest BCUT2D eigenvalue weighted by molar-refractivity contribution is -0.350. The summed E-state index contributed by atoms with van der Waals surface area (Å²) in [6.45, 7) is 10.6. The number of methoxy groups -OCH3 is 3. The van der Waals surface area contributed by atoms with Crippen molar-refractivity contribution in [3.05, 3.63) is 65.7 Å². The average Bonchev–Trinajstić information content (AvgIpc) is 3.46. The number of rotatable bonds is 17. The highest BCUT2D eigenvalue weighted by Gasteiger charge is 2.59. The zero-order valence-electron chi connectivity index (χ0n) is 33.1. The molecule has 2 aromatic carbocycles. The summed E-state index contributed by atoms with van der Waals surface area (Å²) in [7, 11) is 3.29. The third-order valence-electron chi connectivity index (χ3n) is 11.2. The molecule has 2 N–H and O–H groups in total. The van der Waals surface area contributed by atoms with Gasteiger partial charge in [0.2, 0.25) is 0 Å². The van der Waals surface area contributed by atoms with Gasteiger partial charge < -0.3 is 52.8 Å². The molecule has 2 aliphatic carbocycles. The molecule has 2 aromatic rings. The van der Waals surface area contributed by atoms with Crippen molar-refractivity contribution in [2.24, 2.45) is 17.3 Å². The number of aliphatic hydroxyl groups excluding tert-OH is 2. The van der Waals surface area contributed by atoms with Gasteiger partial charge in [-0.1, -0.05) is 51.2 Å². The number of carbonyl (C=O) groups is 1. The normalized spacial score (nSPS) is 30.0. The Labute approximate surface area is 321 Å². The first kappa shape index (κ1) is 42.3. The Morgan fingerprint density at radius 1 is 0.926 bits per heavy atom. The van der Waals surface area contributed by atoms with E-state index in [1.54, 1.807) is 26.4 Å². The molecule has 3 aliphatic rings. The Balaban J connectivity index is 1.64. The van der Waals surface area contributed by atoms with Crippen molar-refractivity contribution in [1.82, 2.24) is 0 Å². The van der Waals surface area contributed by atoms with Gasteiger partial charge in [-0.25, -0.2) is 0 Å². The van der Waals surface area contributed by atoms with E-state index in [-0.39, 0.29) is 38.3 Å². The molecule has 2 bridgehead atoms. The fraction of sp³-hybridized carbons (Fsp3) is 0.634. The molecule has 1 saturated carbocycles. The summed E-state index contributed by atoms with van der Waals surface area (Å²) in [6, 6.07) is 15.4. The SMILES string of the molecule is COCO[C@H]1C(=O)C[C@@H]([C@]2(OCOCC[Si](C)(C)C)CO[C@H](c3ccc(OC)cc3)O[C@@H]2[C@@H](O)CO)[C@H](Oc2ccc(OC)cc2)/C=C2\CC[C@H]1C2(C)C. The minimum absolute atomic E-state index is 0.0489. The molecule has 0 amide bonds. The lowest BCUT2D eigenvalue weighted by Crippen LogP contribution is -2.66. The zero-order valence-corrected chi connectivity index (χ0v) is 34.1. The number of fused-ring (bicyclic) bond motifs is 2. The second-order valence-electron chi connectivity index (χ2n) is 16.2. The molecule has 0 radical (unpaired) electrons. The van der Waals surface area contributed by atoms with E-state index < -0.39 is 62.3 Å². The predicted octanol–water partition coefficient (Wildman–Crippen LogP) is 5.93. The molecule has 1 saturated heterocycles. The topological polar surface area (TPSA) is 141 Å². The second-order valence-corrected chi connectivity index (χ2v) is 21.9. The summed E-state index contributed by atoms with van der Waals surface area (Å²) >= 11 is 0. The standard InChI is InChI=1S/C41H60O12Si/c1-40(2)28-11-18-32(40)37(50-25-45-3)34(43)22-33(36(21-28)52-31-16-14-30(47-5)15-17-31)41(51-26-48-19-20-54(6,7)8)24-49-39(53-38(41)35(44)23-42)27-9-12-29(46-4)13-10-27/h9-10,12-17,21,32-33,35-39,42,44H,11,18-20,22-26H2,1-8H3/b28-21+/t32-,33-,35+,36-,37-,38-,39+,41-/m1/s1. The number of hydrogen-bond acceptors (Lipinski definition) is 12. The van der Waals surface area contributed by atoms with Crippen LogP contribution in [-0.4, -0.2) is 109 Å². The Bertz CT molecular complexity index is 1520. The van der Waals surface area contributed by atoms with Gasteiger partial charge in [0.15, 0.2) is 12.1 Å². The van der Waals surface area contributed by atoms with Gasteiger partial charge in [-0.05, 0) is 66.8 Å². The highest BCUT2D eigenvalue weighted by atomic mass is 28.3. The predicted molar refractivity (Wildman–Crippen MR) is 204 cm³/mol. The molecule has 0 unspecified atom stereocenters. The minimum atomic E-state index is -1.56. The maximum absolute atomic E-state index is 14.8. The van der Waals surface area contributed by atoms with Gasteiger partial charge in [-0.3, -0.25) is 4.79 Å². The fourth-order valence-corrected chi connectivity index (χ4v) is 8.69. The maximum Gasteiger partial charge on any atom is 0.184 e. The monoisotopic (exact) mass is 772 g/mol. The van der Waals surface area contributed by atoms with Gasteiger partial charge in [-0.2, -0.15) is 0 Å². The molecule has 5 rings (SSSR count). The van der Waals surface area contributed by atoms with Crippen molar-refractivity contribution in [1.29, 1.82) is 0 Å². The van der Waals surface area contributed by atoms with E-state index in [1.165, 1.54) is 7.11 Å². The quantitative estimate of drug-likeness (QED) is 0.0853. The Kier molecular flexibility index (Phi) is 14.4. The Morgan fingerprint density at radius 2 is 1.57 bits per heavy atom. The number of aliphatic hydroxyl groups is 2. The summed E-state index contributed by atoms with van der Waals surface area (Å²) in [5, 5.41) is 22.2. The first-order valence-corrected chi connectivity index (χ1v) is 22.5. The largest absolute Gasteiger partial charge is 0.497 e. The number of ether oxygens (including phenoxy) is 9. The van der Waals surface area contributed by atoms with Crippen LogP contribution in [0.5, 0.6) is 17.2 Å². The van der Waals surface area contributed by atoms with E-state index in [9.17, 15) is 15.0 Å². The molecule has 0 spiro atoms. The summed E-state index contributed by atoms with van der Waals surface area (Å²) in [4.78, 5) is 14.8. The highest BCUT2D eigenvalue weighted by Crippen LogP contribution is 2.53. The van der Waals surface area contributed by atoms with Crippen LogP contribution in [0.15, 0.2) is 60.2 Å². The Morgan fingerprint density at radius 3 is 2.19 bits per heavy atom. The number of hydrogen-bond donors (Lipinski definition) is 2. The minimum Gasteiger partial charge on any atom is -0.497 e. The summed E-state index contributed by atoms with van der Waals surface area (Å²) in [5.74, 6) is 0.765. The smallest absolute Gasteiger partial charge is 0.184 e. The Hall–Kier alpha value is -2.85. The van der Waals surface area contributed by atoms with Crippen LogP contribution in [-0.2, 0) is 33.2 Å². The van der Waals surface area contributed by atoms with E-state index in [2.05, 4.69) is 39.6 Å². The lowest BCUT2D eigenvalue weighted by atomic mass is 9.73. The van der Waals surface area contributed by atoms with Crippen molar-refractivity contribution in [2.75, 3.05) is 54.7 Å². The second kappa shape index (κ2) is 18.4. The highest BCUT2D eigenvalue weighted by molar-refractivity contribution is 6.76. The molecule has 1 heterocycles. The molecule has 2 fully saturated rings. The molecule has 8 atom stereocenters. The number of benzene rings is 2. The van der Waals surface area contributed by atoms with Crippen LogP contribution in [0.25, 0.3) is 0 Å². The molecule has 13 heteroatoms. The number of allylic oxidation sites excluding steroid dienone is 1. The molecule has 300 valence electrons. The zero-order chi connectivity index (χ0) is 39.1.